The molecule has 0 aliphatic heterocycles. The molecule has 0 saturated heterocycles. The lowest BCUT2D eigenvalue weighted by molar-refractivity contribution is 0.0955. The van der Waals surface area contributed by atoms with Crippen LogP contribution >= 0.6 is 27.5 Å². The lowest BCUT2D eigenvalue weighted by atomic mass is 10.1. The van der Waals surface area contributed by atoms with Crippen LogP contribution in [0, 0.1) is 6.92 Å². The summed E-state index contributed by atoms with van der Waals surface area (Å²) in [5, 5.41) is 4.49. The highest BCUT2D eigenvalue weighted by molar-refractivity contribution is 9.10. The Morgan fingerprint density at radius 1 is 1.30 bits per heavy atom. The fourth-order valence-electron chi connectivity index (χ4n) is 1.55. The molecule has 2 aromatic rings. The maximum atomic E-state index is 11.9. The van der Waals surface area contributed by atoms with E-state index in [-0.39, 0.29) is 5.91 Å². The van der Waals surface area contributed by atoms with Crippen molar-refractivity contribution in [3.63, 3.8) is 0 Å². The Balaban J connectivity index is 2.03. The smallest absolute Gasteiger partial charge is 0.267 e. The number of benzene rings is 2. The van der Waals surface area contributed by atoms with Crippen molar-refractivity contribution in [1.29, 1.82) is 0 Å². The number of aryl methyl sites for hydroxylation is 1. The van der Waals surface area contributed by atoms with Gasteiger partial charge < -0.3 is 0 Å². The summed E-state index contributed by atoms with van der Waals surface area (Å²) in [6.45, 7) is 1.88. The zero-order chi connectivity index (χ0) is 14.5. The second-order valence-corrected chi connectivity index (χ2v) is 5.54. The van der Waals surface area contributed by atoms with Crippen molar-refractivity contribution in [3.8, 4) is 0 Å². The highest BCUT2D eigenvalue weighted by Gasteiger charge is 2.05. The number of amides is 1. The van der Waals surface area contributed by atoms with Gasteiger partial charge in [-0.25, -0.2) is 5.43 Å². The van der Waals surface area contributed by atoms with Gasteiger partial charge in [-0.05, 0) is 42.3 Å². The number of nitrogens with zero attached hydrogens (tertiary/aromatic N) is 1. The first-order chi connectivity index (χ1) is 9.56. The second kappa shape index (κ2) is 6.68. The van der Waals surface area contributed by atoms with E-state index in [9.17, 15) is 4.79 Å². The topological polar surface area (TPSA) is 41.5 Å². The van der Waals surface area contributed by atoms with Gasteiger partial charge in [-0.3, -0.25) is 4.79 Å². The van der Waals surface area contributed by atoms with Gasteiger partial charge in [0.1, 0.15) is 0 Å². The average Bonchev–Trinajstić information content (AvgIpc) is 2.42. The van der Waals surface area contributed by atoms with Gasteiger partial charge in [0.15, 0.2) is 0 Å². The van der Waals surface area contributed by atoms with Crippen molar-refractivity contribution in [2.45, 2.75) is 6.92 Å². The monoisotopic (exact) mass is 350 g/mol. The van der Waals surface area contributed by atoms with Crippen molar-refractivity contribution in [2.75, 3.05) is 0 Å². The number of carbonyl (C=O) groups is 1. The van der Waals surface area contributed by atoms with Crippen LogP contribution in [0.15, 0.2) is 52.0 Å². The van der Waals surface area contributed by atoms with Crippen LogP contribution < -0.4 is 5.43 Å². The molecule has 0 radical (unpaired) electrons. The number of hydrazone groups is 1. The van der Waals surface area contributed by atoms with Gasteiger partial charge in [-0.1, -0.05) is 45.7 Å². The molecule has 0 aliphatic rings. The maximum absolute atomic E-state index is 11.9. The molecule has 0 saturated carbocycles. The molecule has 20 heavy (non-hydrogen) atoms. The first-order valence-electron chi connectivity index (χ1n) is 5.91. The molecule has 0 spiro atoms. The third-order valence-electron chi connectivity index (χ3n) is 2.66. The molecule has 0 fully saturated rings. The van der Waals surface area contributed by atoms with Crippen LogP contribution in [0.5, 0.6) is 0 Å². The average molecular weight is 352 g/mol. The number of hydrogen-bond acceptors (Lipinski definition) is 2. The summed E-state index contributed by atoms with van der Waals surface area (Å²) in [7, 11) is 0. The first-order valence-corrected chi connectivity index (χ1v) is 7.08. The standard InChI is InChI=1S/C15H12BrClN2O/c1-10-5-6-12(8-14(10)17)15(20)19-18-9-11-3-2-4-13(16)7-11/h2-9H,1H3,(H,19,20)/b18-9+. The molecule has 2 aromatic carbocycles. The van der Waals surface area contributed by atoms with E-state index in [2.05, 4.69) is 26.5 Å². The fourth-order valence-corrected chi connectivity index (χ4v) is 2.15. The van der Waals surface area contributed by atoms with Gasteiger partial charge in [0.25, 0.3) is 5.91 Å². The third-order valence-corrected chi connectivity index (χ3v) is 3.56. The molecule has 1 N–H and O–H groups in total. The van der Waals surface area contributed by atoms with Crippen LogP contribution in [0.1, 0.15) is 21.5 Å². The summed E-state index contributed by atoms with van der Waals surface area (Å²) in [6.07, 6.45) is 1.58. The van der Waals surface area contributed by atoms with Crippen LogP contribution in [0.2, 0.25) is 5.02 Å². The number of halogens is 2. The van der Waals surface area contributed by atoms with E-state index in [0.29, 0.717) is 10.6 Å². The Hall–Kier alpha value is -1.65. The largest absolute Gasteiger partial charge is 0.271 e. The molecule has 0 heterocycles. The Bertz CT molecular complexity index is 671. The van der Waals surface area contributed by atoms with Gasteiger partial charge in [-0.15, -0.1) is 0 Å². The van der Waals surface area contributed by atoms with E-state index in [4.69, 9.17) is 11.6 Å². The van der Waals surface area contributed by atoms with Crippen molar-refractivity contribution < 1.29 is 4.79 Å². The third kappa shape index (κ3) is 3.92. The van der Waals surface area contributed by atoms with Crippen molar-refractivity contribution in [1.82, 2.24) is 5.43 Å². The molecule has 1 amide bonds. The number of carbonyl (C=O) groups excluding carboxylic acids is 1. The van der Waals surface area contributed by atoms with E-state index in [1.54, 1.807) is 24.4 Å². The molecular weight excluding hydrogens is 340 g/mol. The van der Waals surface area contributed by atoms with E-state index in [1.807, 2.05) is 31.2 Å². The molecule has 5 heteroatoms. The quantitative estimate of drug-likeness (QED) is 0.654. The molecule has 102 valence electrons. The Morgan fingerprint density at radius 3 is 2.80 bits per heavy atom. The van der Waals surface area contributed by atoms with E-state index >= 15 is 0 Å². The fraction of sp³-hybridized carbons (Fsp3) is 0.0667. The summed E-state index contributed by atoms with van der Waals surface area (Å²) >= 11 is 9.35. The van der Waals surface area contributed by atoms with Crippen LogP contribution in [-0.2, 0) is 0 Å². The van der Waals surface area contributed by atoms with Gasteiger partial charge in [0.2, 0.25) is 0 Å². The maximum Gasteiger partial charge on any atom is 0.271 e. The molecule has 2 rings (SSSR count). The van der Waals surface area contributed by atoms with Gasteiger partial charge in [-0.2, -0.15) is 5.10 Å². The summed E-state index contributed by atoms with van der Waals surface area (Å²) in [4.78, 5) is 11.9. The highest BCUT2D eigenvalue weighted by Crippen LogP contribution is 2.16. The molecule has 0 atom stereocenters. The predicted molar refractivity (Wildman–Crippen MR) is 85.4 cm³/mol. The van der Waals surface area contributed by atoms with Gasteiger partial charge in [0, 0.05) is 15.1 Å². The molecule has 0 aliphatic carbocycles. The summed E-state index contributed by atoms with van der Waals surface area (Å²) in [6, 6.07) is 12.8. The molecule has 0 aromatic heterocycles. The number of hydrogen-bond donors (Lipinski definition) is 1. The Labute approximate surface area is 130 Å². The SMILES string of the molecule is Cc1ccc(C(=O)N/N=C/c2cccc(Br)c2)cc1Cl. The second-order valence-electron chi connectivity index (χ2n) is 4.22. The highest BCUT2D eigenvalue weighted by atomic mass is 79.9. The molecule has 0 bridgehead atoms. The van der Waals surface area contributed by atoms with Crippen LogP contribution in [0.4, 0.5) is 0 Å². The minimum absolute atomic E-state index is 0.293. The van der Waals surface area contributed by atoms with Crippen molar-refractivity contribution in [3.05, 3.63) is 68.7 Å². The molecule has 0 unspecified atom stereocenters. The Morgan fingerprint density at radius 2 is 2.10 bits per heavy atom. The normalized spacial score (nSPS) is 10.8. The predicted octanol–water partition coefficient (Wildman–Crippen LogP) is 4.17. The van der Waals surface area contributed by atoms with Crippen LogP contribution in [0.25, 0.3) is 0 Å². The lowest BCUT2D eigenvalue weighted by Gasteiger charge is -2.02. The van der Waals surface area contributed by atoms with Gasteiger partial charge >= 0.3 is 0 Å². The van der Waals surface area contributed by atoms with E-state index in [0.717, 1.165) is 15.6 Å². The van der Waals surface area contributed by atoms with Crippen LogP contribution in [0.3, 0.4) is 0 Å². The molecular formula is C15H12BrClN2O. The minimum atomic E-state index is -0.293. The Kier molecular flexibility index (Phi) is 4.93. The van der Waals surface area contributed by atoms with Crippen molar-refractivity contribution >= 4 is 39.7 Å². The summed E-state index contributed by atoms with van der Waals surface area (Å²) < 4.78 is 0.957. The van der Waals surface area contributed by atoms with Crippen molar-refractivity contribution in [2.24, 2.45) is 5.10 Å². The number of nitrogens with one attached hydrogen (secondary N) is 1. The van der Waals surface area contributed by atoms with E-state index < -0.39 is 0 Å². The lowest BCUT2D eigenvalue weighted by Crippen LogP contribution is -2.17. The van der Waals surface area contributed by atoms with E-state index in [1.165, 1.54) is 0 Å². The number of rotatable bonds is 3. The minimum Gasteiger partial charge on any atom is -0.267 e. The zero-order valence-corrected chi connectivity index (χ0v) is 13.1. The summed E-state index contributed by atoms with van der Waals surface area (Å²) in [5.41, 5.74) is 4.77. The van der Waals surface area contributed by atoms with Gasteiger partial charge in [0.05, 0.1) is 6.21 Å². The molecule has 3 nitrogen and oxygen atoms in total. The summed E-state index contributed by atoms with van der Waals surface area (Å²) in [5.74, 6) is -0.293. The zero-order valence-electron chi connectivity index (χ0n) is 10.7. The first kappa shape index (κ1) is 14.8. The van der Waals surface area contributed by atoms with Crippen LogP contribution in [-0.4, -0.2) is 12.1 Å².